The molecule has 1 saturated heterocycles. The van der Waals surface area contributed by atoms with E-state index in [2.05, 4.69) is 20.8 Å². The molecule has 2 aromatic rings. The van der Waals surface area contributed by atoms with E-state index in [1.807, 2.05) is 13.8 Å². The summed E-state index contributed by atoms with van der Waals surface area (Å²) in [6.45, 7) is 11.2. The topological polar surface area (TPSA) is 61.5 Å². The van der Waals surface area contributed by atoms with Crippen LogP contribution in [-0.2, 0) is 27.3 Å². The van der Waals surface area contributed by atoms with Crippen LogP contribution >= 0.6 is 0 Å². The molecule has 0 aromatic heterocycles. The Bertz CT molecular complexity index is 1130. The molecule has 200 valence electrons. The highest BCUT2D eigenvalue weighted by Gasteiger charge is 2.46. The van der Waals surface area contributed by atoms with Gasteiger partial charge in [0, 0.05) is 5.41 Å². The van der Waals surface area contributed by atoms with Gasteiger partial charge in [-0.2, -0.15) is 13.2 Å². The van der Waals surface area contributed by atoms with Crippen molar-refractivity contribution in [2.24, 2.45) is 16.5 Å². The van der Waals surface area contributed by atoms with Crippen LogP contribution in [0.2, 0.25) is 0 Å². The second-order valence-corrected chi connectivity index (χ2v) is 14.0. The van der Waals surface area contributed by atoms with Gasteiger partial charge in [-0.3, -0.25) is 5.14 Å². The monoisotopic (exact) mass is 525 g/mol. The summed E-state index contributed by atoms with van der Waals surface area (Å²) in [6, 6.07) is 8.27. The number of nitrogens with two attached hydrogens (primary N) is 1. The van der Waals surface area contributed by atoms with Crippen LogP contribution in [0.25, 0.3) is 10.8 Å². The fourth-order valence-electron chi connectivity index (χ4n) is 5.86. The predicted molar refractivity (Wildman–Crippen MR) is 138 cm³/mol. The quantitative estimate of drug-likeness (QED) is 0.446. The van der Waals surface area contributed by atoms with Crippen LogP contribution in [0.5, 0.6) is 5.75 Å². The van der Waals surface area contributed by atoms with Gasteiger partial charge < -0.3 is 9.47 Å². The van der Waals surface area contributed by atoms with Crippen LogP contribution in [0, 0.1) is 11.3 Å². The summed E-state index contributed by atoms with van der Waals surface area (Å²) in [5.74, 6) is 0.460. The summed E-state index contributed by atoms with van der Waals surface area (Å²) in [5, 5.41) is 6.34. The standard InChI is InChI=1S/C28H38F3NO3S/c1-25(2,3)19-7-10-21(11-8-19)35-23-13-6-18-14-20(9-12-22(18)24(23)28(29,30)31)27(16-34-17-27)15-26(4,5)36(32)33/h6,9,12-14,19,21H,7-8,10-11,15-17,32H2,1-5H3. The Morgan fingerprint density at radius 1 is 1.03 bits per heavy atom. The molecule has 1 atom stereocenters. The lowest BCUT2D eigenvalue weighted by molar-refractivity contribution is -0.138. The molecule has 1 aliphatic carbocycles. The molecule has 1 saturated carbocycles. The van der Waals surface area contributed by atoms with Crippen molar-refractivity contribution in [3.8, 4) is 5.75 Å². The van der Waals surface area contributed by atoms with Gasteiger partial charge in [0.1, 0.15) is 11.3 Å². The Labute approximate surface area is 214 Å². The van der Waals surface area contributed by atoms with Gasteiger partial charge in [0.25, 0.3) is 0 Å². The van der Waals surface area contributed by atoms with E-state index in [1.165, 1.54) is 6.07 Å². The van der Waals surface area contributed by atoms with Gasteiger partial charge in [-0.05, 0) is 79.7 Å². The molecular formula is C28H38F3NO3S. The van der Waals surface area contributed by atoms with Gasteiger partial charge in [-0.15, -0.1) is 0 Å². The summed E-state index contributed by atoms with van der Waals surface area (Å²) in [6.07, 6.45) is -0.806. The number of benzene rings is 2. The van der Waals surface area contributed by atoms with E-state index < -0.39 is 32.9 Å². The Balaban J connectivity index is 1.65. The Hall–Kier alpha value is -1.64. The lowest BCUT2D eigenvalue weighted by Crippen LogP contribution is -2.52. The van der Waals surface area contributed by atoms with Crippen LogP contribution in [0.4, 0.5) is 13.2 Å². The molecule has 2 aliphatic rings. The van der Waals surface area contributed by atoms with E-state index in [0.717, 1.165) is 31.2 Å². The number of hydrogen-bond donors (Lipinski definition) is 1. The molecule has 8 heteroatoms. The first-order valence-corrected chi connectivity index (χ1v) is 13.9. The van der Waals surface area contributed by atoms with Crippen molar-refractivity contribution in [2.45, 2.75) is 89.2 Å². The van der Waals surface area contributed by atoms with E-state index in [-0.39, 0.29) is 22.7 Å². The maximum atomic E-state index is 14.3. The third-order valence-corrected chi connectivity index (χ3v) is 9.37. The number of alkyl halides is 3. The molecule has 2 N–H and O–H groups in total. The van der Waals surface area contributed by atoms with E-state index in [9.17, 15) is 17.4 Å². The minimum Gasteiger partial charge on any atom is -0.490 e. The normalized spacial score (nSPS) is 23.8. The van der Waals surface area contributed by atoms with Crippen molar-refractivity contribution in [2.75, 3.05) is 13.2 Å². The number of halogens is 3. The highest BCUT2D eigenvalue weighted by Crippen LogP contribution is 2.46. The van der Waals surface area contributed by atoms with Gasteiger partial charge in [0.05, 0.1) is 35.1 Å². The zero-order valence-electron chi connectivity index (χ0n) is 21.8. The van der Waals surface area contributed by atoms with E-state index in [4.69, 9.17) is 14.6 Å². The smallest absolute Gasteiger partial charge is 0.420 e. The molecule has 2 fully saturated rings. The van der Waals surface area contributed by atoms with E-state index in [0.29, 0.717) is 30.9 Å². The second kappa shape index (κ2) is 9.59. The van der Waals surface area contributed by atoms with Crippen molar-refractivity contribution in [1.29, 1.82) is 0 Å². The molecular weight excluding hydrogens is 487 g/mol. The molecule has 1 aliphatic heterocycles. The van der Waals surface area contributed by atoms with E-state index >= 15 is 0 Å². The van der Waals surface area contributed by atoms with Crippen LogP contribution in [0.3, 0.4) is 0 Å². The highest BCUT2D eigenvalue weighted by atomic mass is 32.2. The summed E-state index contributed by atoms with van der Waals surface area (Å²) >= 11 is 0. The van der Waals surface area contributed by atoms with Crippen LogP contribution in [0.15, 0.2) is 30.3 Å². The van der Waals surface area contributed by atoms with E-state index in [1.54, 1.807) is 24.3 Å². The first-order chi connectivity index (χ1) is 16.6. The molecule has 1 unspecified atom stereocenters. The first kappa shape index (κ1) is 27.4. The lowest BCUT2D eigenvalue weighted by Gasteiger charge is -2.46. The molecule has 4 rings (SSSR count). The zero-order chi connectivity index (χ0) is 26.5. The minimum atomic E-state index is -4.55. The zero-order valence-corrected chi connectivity index (χ0v) is 22.7. The second-order valence-electron chi connectivity index (χ2n) is 12.3. The van der Waals surface area contributed by atoms with Gasteiger partial charge in [0.15, 0.2) is 0 Å². The maximum Gasteiger partial charge on any atom is 0.420 e. The van der Waals surface area contributed by atoms with Gasteiger partial charge >= 0.3 is 6.18 Å². The van der Waals surface area contributed by atoms with Crippen molar-refractivity contribution in [3.63, 3.8) is 0 Å². The molecule has 0 radical (unpaired) electrons. The largest absolute Gasteiger partial charge is 0.490 e. The average molecular weight is 526 g/mol. The average Bonchev–Trinajstić information content (AvgIpc) is 2.74. The summed E-state index contributed by atoms with van der Waals surface area (Å²) in [4.78, 5) is 0. The van der Waals surface area contributed by atoms with Gasteiger partial charge in [-0.25, -0.2) is 4.21 Å². The molecule has 2 aromatic carbocycles. The molecule has 36 heavy (non-hydrogen) atoms. The molecule has 0 spiro atoms. The van der Waals surface area contributed by atoms with Crippen LogP contribution < -0.4 is 9.88 Å². The minimum absolute atomic E-state index is 0.0942. The van der Waals surface area contributed by atoms with Crippen LogP contribution in [-0.4, -0.2) is 28.3 Å². The van der Waals surface area contributed by atoms with Crippen molar-refractivity contribution in [1.82, 2.24) is 0 Å². The SMILES string of the molecule is CC(C)(C)C1CCC(Oc2ccc3cc(C4(CC(C)(C)S(N)=O)COC4)ccc3c2C(F)(F)F)CC1. The van der Waals surface area contributed by atoms with Gasteiger partial charge in [0.2, 0.25) is 0 Å². The third-order valence-electron chi connectivity index (χ3n) is 8.14. The van der Waals surface area contributed by atoms with Crippen molar-refractivity contribution in [3.05, 3.63) is 41.5 Å². The van der Waals surface area contributed by atoms with Crippen LogP contribution in [0.1, 0.15) is 77.8 Å². The Kier molecular flexibility index (Phi) is 7.30. The Morgan fingerprint density at radius 3 is 2.17 bits per heavy atom. The number of rotatable bonds is 6. The summed E-state index contributed by atoms with van der Waals surface area (Å²) < 4.78 is 65.9. The molecule has 1 heterocycles. The van der Waals surface area contributed by atoms with Crippen molar-refractivity contribution < 1.29 is 26.9 Å². The summed E-state index contributed by atoms with van der Waals surface area (Å²) in [5.41, 5.74) is -0.0692. The van der Waals surface area contributed by atoms with Gasteiger partial charge in [-0.1, -0.05) is 45.0 Å². The molecule has 4 nitrogen and oxygen atoms in total. The fourth-order valence-corrected chi connectivity index (χ4v) is 6.28. The molecule has 0 amide bonds. The van der Waals surface area contributed by atoms with Crippen molar-refractivity contribution >= 4 is 21.8 Å². The number of hydrogen-bond acceptors (Lipinski definition) is 3. The number of ether oxygens (including phenoxy) is 2. The first-order valence-electron chi connectivity index (χ1n) is 12.7. The maximum absolute atomic E-state index is 14.3. The number of fused-ring (bicyclic) bond motifs is 1. The third kappa shape index (κ3) is 5.46. The fraction of sp³-hybridized carbons (Fsp3) is 0.643. The highest BCUT2D eigenvalue weighted by molar-refractivity contribution is 7.84. The predicted octanol–water partition coefficient (Wildman–Crippen LogP) is 6.90. The Morgan fingerprint density at radius 2 is 1.67 bits per heavy atom. The molecule has 0 bridgehead atoms. The summed E-state index contributed by atoms with van der Waals surface area (Å²) in [7, 11) is -1.54. The lowest BCUT2D eigenvalue weighted by atomic mass is 9.72.